The van der Waals surface area contributed by atoms with E-state index in [9.17, 15) is 0 Å². The Morgan fingerprint density at radius 3 is 3.36 bits per heavy atom. The largest absolute Gasteiger partial charge is 0.368 e. The number of fused-ring (bicyclic) bond motifs is 3. The van der Waals surface area contributed by atoms with Crippen LogP contribution >= 0.6 is 0 Å². The van der Waals surface area contributed by atoms with E-state index in [4.69, 9.17) is 0 Å². The van der Waals surface area contributed by atoms with Crippen molar-refractivity contribution < 1.29 is 0 Å². The molecular formula is C9H11N5. The van der Waals surface area contributed by atoms with Gasteiger partial charge in [0, 0.05) is 19.5 Å². The summed E-state index contributed by atoms with van der Waals surface area (Å²) in [5.74, 6) is 2.18. The summed E-state index contributed by atoms with van der Waals surface area (Å²) in [4.78, 5) is 4.52. The fourth-order valence-corrected chi connectivity index (χ4v) is 1.94. The van der Waals surface area contributed by atoms with E-state index in [1.165, 1.54) is 0 Å². The van der Waals surface area contributed by atoms with Gasteiger partial charge in [-0.05, 0) is 0 Å². The van der Waals surface area contributed by atoms with Gasteiger partial charge in [-0.25, -0.2) is 4.98 Å². The second-order valence-electron chi connectivity index (χ2n) is 3.39. The summed E-state index contributed by atoms with van der Waals surface area (Å²) in [5.41, 5.74) is 1.78. The van der Waals surface area contributed by atoms with Gasteiger partial charge >= 0.3 is 0 Å². The first kappa shape index (κ1) is 7.73. The zero-order valence-electron chi connectivity index (χ0n) is 7.99. The Labute approximate surface area is 81.5 Å². The fraction of sp³-hybridized carbons (Fsp3) is 0.444. The van der Waals surface area contributed by atoms with Gasteiger partial charge in [-0.15, -0.1) is 5.10 Å². The Bertz CT molecular complexity index is 447. The third kappa shape index (κ3) is 0.865. The van der Waals surface area contributed by atoms with E-state index in [0.717, 1.165) is 42.5 Å². The van der Waals surface area contributed by atoms with Crippen LogP contribution in [-0.4, -0.2) is 26.3 Å². The standard InChI is InChI=1S/C9H11N5/c1-2-7-12-6-5-11-13-8(6)9-10-3-4-14(7)9/h5,10H,2-4H2,1H3. The molecule has 14 heavy (non-hydrogen) atoms. The van der Waals surface area contributed by atoms with E-state index in [0.29, 0.717) is 0 Å². The van der Waals surface area contributed by atoms with Crippen LogP contribution in [0.1, 0.15) is 12.7 Å². The molecule has 3 aliphatic rings. The van der Waals surface area contributed by atoms with Crippen molar-refractivity contribution in [2.75, 3.05) is 11.9 Å². The van der Waals surface area contributed by atoms with Crippen LogP contribution in [-0.2, 0) is 13.0 Å². The molecule has 0 aromatic heterocycles. The second kappa shape index (κ2) is 2.67. The van der Waals surface area contributed by atoms with Gasteiger partial charge in [0.15, 0.2) is 5.69 Å². The molecular weight excluding hydrogens is 178 g/mol. The Kier molecular flexibility index (Phi) is 1.47. The highest BCUT2D eigenvalue weighted by molar-refractivity contribution is 5.70. The number of anilines is 1. The Morgan fingerprint density at radius 2 is 2.50 bits per heavy atom. The summed E-state index contributed by atoms with van der Waals surface area (Å²) < 4.78 is 2.19. The Morgan fingerprint density at radius 1 is 1.57 bits per heavy atom. The van der Waals surface area contributed by atoms with Gasteiger partial charge in [0.25, 0.3) is 0 Å². The number of aromatic nitrogens is 4. The second-order valence-corrected chi connectivity index (χ2v) is 3.39. The van der Waals surface area contributed by atoms with E-state index in [1.807, 2.05) is 0 Å². The van der Waals surface area contributed by atoms with Crippen LogP contribution in [0.3, 0.4) is 0 Å². The molecule has 0 bridgehead atoms. The molecule has 72 valence electrons. The van der Waals surface area contributed by atoms with Crippen LogP contribution in [0.2, 0.25) is 0 Å². The number of hydrogen-bond acceptors (Lipinski definition) is 4. The molecule has 0 aliphatic carbocycles. The maximum Gasteiger partial charge on any atom is 0.153 e. The predicted octanol–water partition coefficient (Wildman–Crippen LogP) is 0.766. The molecule has 0 unspecified atom stereocenters. The van der Waals surface area contributed by atoms with Gasteiger partial charge < -0.3 is 9.88 Å². The van der Waals surface area contributed by atoms with Crippen molar-refractivity contribution in [3.05, 3.63) is 12.0 Å². The summed E-state index contributed by atoms with van der Waals surface area (Å²) in [6.07, 6.45) is 2.66. The average molecular weight is 189 g/mol. The van der Waals surface area contributed by atoms with Crippen molar-refractivity contribution in [3.63, 3.8) is 0 Å². The number of aryl methyl sites for hydroxylation is 1. The molecule has 3 heterocycles. The SMILES string of the molecule is CCc1nc2cnnc-2c2n1CCN2. The first-order chi connectivity index (χ1) is 6.90. The van der Waals surface area contributed by atoms with Crippen molar-refractivity contribution in [3.8, 4) is 11.4 Å². The molecule has 3 aliphatic heterocycles. The molecule has 0 spiro atoms. The number of hydrogen-bond donors (Lipinski definition) is 1. The average Bonchev–Trinajstić information content (AvgIpc) is 2.83. The van der Waals surface area contributed by atoms with Gasteiger partial charge in [0.2, 0.25) is 0 Å². The normalized spacial score (nSPS) is 14.4. The monoisotopic (exact) mass is 189 g/mol. The molecule has 3 rings (SSSR count). The topological polar surface area (TPSA) is 55.6 Å². The third-order valence-corrected chi connectivity index (χ3v) is 2.58. The minimum Gasteiger partial charge on any atom is -0.368 e. The molecule has 0 radical (unpaired) electrons. The number of rotatable bonds is 1. The van der Waals surface area contributed by atoms with Crippen LogP contribution in [0.4, 0.5) is 5.82 Å². The highest BCUT2D eigenvalue weighted by atomic mass is 15.3. The van der Waals surface area contributed by atoms with Crippen LogP contribution in [0, 0.1) is 0 Å². The van der Waals surface area contributed by atoms with Crippen LogP contribution < -0.4 is 5.32 Å². The van der Waals surface area contributed by atoms with E-state index < -0.39 is 0 Å². The van der Waals surface area contributed by atoms with E-state index in [1.54, 1.807) is 6.20 Å². The van der Waals surface area contributed by atoms with Crippen molar-refractivity contribution in [2.24, 2.45) is 0 Å². The van der Waals surface area contributed by atoms with Gasteiger partial charge in [-0.1, -0.05) is 6.92 Å². The third-order valence-electron chi connectivity index (χ3n) is 2.58. The van der Waals surface area contributed by atoms with Gasteiger partial charge in [-0.3, -0.25) is 0 Å². The molecule has 0 amide bonds. The molecule has 1 N–H and O–H groups in total. The summed E-state index contributed by atoms with van der Waals surface area (Å²) in [6.45, 7) is 4.05. The van der Waals surface area contributed by atoms with Crippen LogP contribution in [0.15, 0.2) is 6.20 Å². The molecule has 5 heteroatoms. The van der Waals surface area contributed by atoms with Crippen LogP contribution in [0.25, 0.3) is 11.4 Å². The smallest absolute Gasteiger partial charge is 0.153 e. The first-order valence-electron chi connectivity index (χ1n) is 4.85. The zero-order valence-corrected chi connectivity index (χ0v) is 7.99. The first-order valence-corrected chi connectivity index (χ1v) is 4.85. The molecule has 0 aromatic rings. The van der Waals surface area contributed by atoms with Gasteiger partial charge in [0.05, 0.1) is 6.20 Å². The van der Waals surface area contributed by atoms with Crippen molar-refractivity contribution in [1.29, 1.82) is 0 Å². The lowest BCUT2D eigenvalue weighted by molar-refractivity contribution is 0.714. The molecule has 5 nitrogen and oxygen atoms in total. The lowest BCUT2D eigenvalue weighted by Gasteiger charge is -2.11. The fourth-order valence-electron chi connectivity index (χ4n) is 1.94. The molecule has 0 atom stereocenters. The minimum atomic E-state index is 0.889. The molecule has 0 saturated carbocycles. The van der Waals surface area contributed by atoms with Crippen molar-refractivity contribution in [1.82, 2.24) is 19.7 Å². The lowest BCUT2D eigenvalue weighted by atomic mass is 10.3. The summed E-state index contributed by atoms with van der Waals surface area (Å²) in [5, 5.41) is 11.3. The Hall–Kier alpha value is -1.65. The molecule has 0 aromatic carbocycles. The summed E-state index contributed by atoms with van der Waals surface area (Å²) in [6, 6.07) is 0. The lowest BCUT2D eigenvalue weighted by Crippen LogP contribution is -2.07. The van der Waals surface area contributed by atoms with Crippen LogP contribution in [0.5, 0.6) is 0 Å². The van der Waals surface area contributed by atoms with Gasteiger partial charge in [-0.2, -0.15) is 5.10 Å². The minimum absolute atomic E-state index is 0.889. The van der Waals surface area contributed by atoms with Crippen molar-refractivity contribution in [2.45, 2.75) is 19.9 Å². The maximum absolute atomic E-state index is 4.52. The predicted molar refractivity (Wildman–Crippen MR) is 52.3 cm³/mol. The highest BCUT2D eigenvalue weighted by Crippen LogP contribution is 2.29. The van der Waals surface area contributed by atoms with Crippen molar-refractivity contribution >= 4 is 5.82 Å². The molecule has 0 saturated heterocycles. The van der Waals surface area contributed by atoms with E-state index in [-0.39, 0.29) is 0 Å². The van der Waals surface area contributed by atoms with E-state index in [2.05, 4.69) is 32.0 Å². The maximum atomic E-state index is 4.52. The Balaban J connectivity index is 2.34. The number of nitrogens with one attached hydrogen (secondary N) is 1. The summed E-state index contributed by atoms with van der Waals surface area (Å²) in [7, 11) is 0. The highest BCUT2D eigenvalue weighted by Gasteiger charge is 2.22. The van der Waals surface area contributed by atoms with E-state index >= 15 is 0 Å². The zero-order chi connectivity index (χ0) is 9.54. The number of nitrogens with zero attached hydrogens (tertiary/aromatic N) is 4. The molecule has 0 fully saturated rings. The van der Waals surface area contributed by atoms with Gasteiger partial charge in [0.1, 0.15) is 17.3 Å². The quantitative estimate of drug-likeness (QED) is 0.719. The summed E-state index contributed by atoms with van der Waals surface area (Å²) >= 11 is 0.